The molecule has 0 fully saturated rings. The number of rotatable bonds is 3. The first-order valence-corrected chi connectivity index (χ1v) is 6.08. The molecule has 0 spiro atoms. The fourth-order valence-corrected chi connectivity index (χ4v) is 1.38. The van der Waals surface area contributed by atoms with Gasteiger partial charge in [-0.25, -0.2) is 4.79 Å². The van der Waals surface area contributed by atoms with Crippen LogP contribution in [0.15, 0.2) is 30.3 Å². The molecule has 0 aliphatic heterocycles. The minimum absolute atomic E-state index is 0.0969. The fraction of sp³-hybridized carbons (Fsp3) is 0.429. The van der Waals surface area contributed by atoms with Gasteiger partial charge in [-0.2, -0.15) is 0 Å². The average molecular weight is 264 g/mol. The Bertz CT molecular complexity index is 438. The molecule has 5 nitrogen and oxygen atoms in total. The molecule has 5 heteroatoms. The Hall–Kier alpha value is -2.04. The van der Waals surface area contributed by atoms with Crippen LogP contribution in [0.5, 0.6) is 0 Å². The van der Waals surface area contributed by atoms with Crippen molar-refractivity contribution in [3.8, 4) is 0 Å². The number of amides is 2. The normalized spacial score (nSPS) is 10.7. The lowest BCUT2D eigenvalue weighted by atomic mass is 10.2. The number of anilines is 1. The highest BCUT2D eigenvalue weighted by atomic mass is 16.6. The van der Waals surface area contributed by atoms with E-state index in [9.17, 15) is 9.59 Å². The summed E-state index contributed by atoms with van der Waals surface area (Å²) in [6, 6.07) is 9.22. The van der Waals surface area contributed by atoms with E-state index < -0.39 is 11.7 Å². The molecule has 0 aliphatic carbocycles. The van der Waals surface area contributed by atoms with Crippen molar-refractivity contribution in [2.24, 2.45) is 0 Å². The van der Waals surface area contributed by atoms with Crippen LogP contribution in [0, 0.1) is 0 Å². The minimum Gasteiger partial charge on any atom is -0.444 e. The van der Waals surface area contributed by atoms with E-state index in [0.717, 1.165) is 5.69 Å². The molecule has 0 bridgehead atoms. The zero-order chi connectivity index (χ0) is 14.5. The Morgan fingerprint density at radius 2 is 1.79 bits per heavy atom. The zero-order valence-corrected chi connectivity index (χ0v) is 11.8. The van der Waals surface area contributed by atoms with Crippen molar-refractivity contribution in [2.45, 2.75) is 26.4 Å². The predicted octanol–water partition coefficient (Wildman–Crippen LogP) is 2.17. The van der Waals surface area contributed by atoms with Crippen molar-refractivity contribution in [1.29, 1.82) is 0 Å². The standard InChI is InChI=1S/C14H20N2O3/c1-14(2,3)19-13(18)15-10-12(17)16(4)11-8-6-5-7-9-11/h5-9H,10H2,1-4H3,(H,15,18). The summed E-state index contributed by atoms with van der Waals surface area (Å²) in [5.74, 6) is -0.211. The zero-order valence-electron chi connectivity index (χ0n) is 11.8. The number of nitrogens with one attached hydrogen (secondary N) is 1. The van der Waals surface area contributed by atoms with Crippen LogP contribution in [0.1, 0.15) is 20.8 Å². The Morgan fingerprint density at radius 3 is 2.32 bits per heavy atom. The smallest absolute Gasteiger partial charge is 0.408 e. The summed E-state index contributed by atoms with van der Waals surface area (Å²) in [6.45, 7) is 5.21. The fourth-order valence-electron chi connectivity index (χ4n) is 1.38. The minimum atomic E-state index is -0.595. The number of carbonyl (C=O) groups excluding carboxylic acids is 2. The molecular weight excluding hydrogens is 244 g/mol. The Labute approximate surface area is 113 Å². The summed E-state index contributed by atoms with van der Waals surface area (Å²) < 4.78 is 5.05. The molecule has 0 atom stereocenters. The van der Waals surface area contributed by atoms with Crippen LogP contribution in [-0.2, 0) is 9.53 Å². The Kier molecular flexibility index (Phi) is 4.92. The van der Waals surface area contributed by atoms with E-state index in [4.69, 9.17) is 4.74 Å². The van der Waals surface area contributed by atoms with Gasteiger partial charge >= 0.3 is 6.09 Å². The molecule has 104 valence electrons. The second-order valence-corrected chi connectivity index (χ2v) is 5.14. The summed E-state index contributed by atoms with van der Waals surface area (Å²) in [5.41, 5.74) is 0.205. The van der Waals surface area contributed by atoms with E-state index in [-0.39, 0.29) is 12.5 Å². The van der Waals surface area contributed by atoms with Crippen molar-refractivity contribution < 1.29 is 14.3 Å². The summed E-state index contributed by atoms with van der Waals surface area (Å²) in [4.78, 5) is 24.8. The summed E-state index contributed by atoms with van der Waals surface area (Å²) in [6.07, 6.45) is -0.595. The molecule has 0 saturated heterocycles. The highest BCUT2D eigenvalue weighted by Crippen LogP contribution is 2.11. The number of carbonyl (C=O) groups is 2. The van der Waals surface area contributed by atoms with E-state index in [2.05, 4.69) is 5.32 Å². The second kappa shape index (κ2) is 6.22. The molecule has 1 N–H and O–H groups in total. The number of hydrogen-bond donors (Lipinski definition) is 1. The van der Waals surface area contributed by atoms with Gasteiger partial charge in [0.15, 0.2) is 0 Å². The molecular formula is C14H20N2O3. The van der Waals surface area contributed by atoms with Crippen LogP contribution < -0.4 is 10.2 Å². The topological polar surface area (TPSA) is 58.6 Å². The second-order valence-electron chi connectivity index (χ2n) is 5.14. The van der Waals surface area contributed by atoms with Crippen LogP contribution in [0.4, 0.5) is 10.5 Å². The van der Waals surface area contributed by atoms with Gasteiger partial charge in [0.05, 0.1) is 0 Å². The van der Waals surface area contributed by atoms with Gasteiger partial charge in [-0.1, -0.05) is 18.2 Å². The maximum absolute atomic E-state index is 11.9. The maximum Gasteiger partial charge on any atom is 0.408 e. The van der Waals surface area contributed by atoms with E-state index in [0.29, 0.717) is 0 Å². The lowest BCUT2D eigenvalue weighted by Crippen LogP contribution is -2.40. The number of alkyl carbamates (subject to hydrolysis) is 1. The molecule has 19 heavy (non-hydrogen) atoms. The number of benzene rings is 1. The molecule has 2 amide bonds. The number of likely N-dealkylation sites (N-methyl/N-ethyl adjacent to an activating group) is 1. The molecule has 1 aromatic carbocycles. The number of para-hydroxylation sites is 1. The first kappa shape index (κ1) is 15.0. The lowest BCUT2D eigenvalue weighted by molar-refractivity contribution is -0.117. The monoisotopic (exact) mass is 264 g/mol. The molecule has 1 rings (SSSR count). The number of hydrogen-bond acceptors (Lipinski definition) is 3. The molecule has 0 unspecified atom stereocenters. The van der Waals surface area contributed by atoms with Crippen molar-refractivity contribution in [1.82, 2.24) is 5.32 Å². The summed E-state index contributed by atoms with van der Waals surface area (Å²) in [7, 11) is 1.66. The van der Waals surface area contributed by atoms with Gasteiger partial charge in [0.25, 0.3) is 0 Å². The van der Waals surface area contributed by atoms with Gasteiger partial charge in [0.2, 0.25) is 5.91 Å². The maximum atomic E-state index is 11.9. The molecule has 0 aliphatic rings. The lowest BCUT2D eigenvalue weighted by Gasteiger charge is -2.21. The summed E-state index contributed by atoms with van der Waals surface area (Å²) >= 11 is 0. The summed E-state index contributed by atoms with van der Waals surface area (Å²) in [5, 5.41) is 2.44. The Balaban J connectivity index is 2.46. The SMILES string of the molecule is CN(C(=O)CNC(=O)OC(C)(C)C)c1ccccc1. The van der Waals surface area contributed by atoms with E-state index in [1.54, 1.807) is 27.8 Å². The van der Waals surface area contributed by atoms with Crippen LogP contribution >= 0.6 is 0 Å². The number of nitrogens with zero attached hydrogens (tertiary/aromatic N) is 1. The van der Waals surface area contributed by atoms with E-state index >= 15 is 0 Å². The van der Waals surface area contributed by atoms with Gasteiger partial charge < -0.3 is 15.0 Å². The van der Waals surface area contributed by atoms with E-state index in [1.807, 2.05) is 30.3 Å². The van der Waals surface area contributed by atoms with Gasteiger partial charge in [-0.05, 0) is 32.9 Å². The van der Waals surface area contributed by atoms with Crippen molar-refractivity contribution in [3.63, 3.8) is 0 Å². The van der Waals surface area contributed by atoms with Crippen LogP contribution in [0.25, 0.3) is 0 Å². The Morgan fingerprint density at radius 1 is 1.21 bits per heavy atom. The van der Waals surface area contributed by atoms with Gasteiger partial charge in [0, 0.05) is 12.7 Å². The third-order valence-electron chi connectivity index (χ3n) is 2.30. The third-order valence-corrected chi connectivity index (χ3v) is 2.30. The molecule has 0 heterocycles. The van der Waals surface area contributed by atoms with Crippen molar-refractivity contribution in [3.05, 3.63) is 30.3 Å². The third kappa shape index (κ3) is 5.42. The number of ether oxygens (including phenoxy) is 1. The molecule has 0 radical (unpaired) electrons. The van der Waals surface area contributed by atoms with E-state index in [1.165, 1.54) is 4.90 Å². The van der Waals surface area contributed by atoms with Gasteiger partial charge in [-0.15, -0.1) is 0 Å². The molecule has 0 saturated carbocycles. The highest BCUT2D eigenvalue weighted by Gasteiger charge is 2.17. The first-order chi connectivity index (χ1) is 8.79. The van der Waals surface area contributed by atoms with Crippen LogP contribution in [0.2, 0.25) is 0 Å². The highest BCUT2D eigenvalue weighted by molar-refractivity contribution is 5.95. The van der Waals surface area contributed by atoms with Gasteiger partial charge in [-0.3, -0.25) is 4.79 Å². The first-order valence-electron chi connectivity index (χ1n) is 6.08. The largest absolute Gasteiger partial charge is 0.444 e. The quantitative estimate of drug-likeness (QED) is 0.910. The predicted molar refractivity (Wildman–Crippen MR) is 74.1 cm³/mol. The van der Waals surface area contributed by atoms with Gasteiger partial charge in [0.1, 0.15) is 12.1 Å². The van der Waals surface area contributed by atoms with Crippen molar-refractivity contribution in [2.75, 3.05) is 18.5 Å². The van der Waals surface area contributed by atoms with Crippen LogP contribution in [-0.4, -0.2) is 31.2 Å². The molecule has 1 aromatic rings. The molecule has 0 aromatic heterocycles. The van der Waals surface area contributed by atoms with Crippen molar-refractivity contribution >= 4 is 17.7 Å². The average Bonchev–Trinajstić information content (AvgIpc) is 2.34. The van der Waals surface area contributed by atoms with Crippen LogP contribution in [0.3, 0.4) is 0 Å².